The van der Waals surface area contributed by atoms with E-state index in [1.807, 2.05) is 13.8 Å². The first kappa shape index (κ1) is 22.5. The van der Waals surface area contributed by atoms with Crippen LogP contribution in [0.5, 0.6) is 5.75 Å². The SMILES string of the molecule is CC(C)c1c(NS(=O)(=O)c2ccc(OC(F)(F)F)cc2)c(=O)n(-c2ccccc2)n1C. The number of rotatable bonds is 6. The summed E-state index contributed by atoms with van der Waals surface area (Å²) in [4.78, 5) is 12.8. The fourth-order valence-corrected chi connectivity index (χ4v) is 4.33. The van der Waals surface area contributed by atoms with Gasteiger partial charge in [0.25, 0.3) is 15.6 Å². The second kappa shape index (κ2) is 8.14. The summed E-state index contributed by atoms with van der Waals surface area (Å²) in [5, 5.41) is 0. The van der Waals surface area contributed by atoms with Gasteiger partial charge in [-0.2, -0.15) is 0 Å². The van der Waals surface area contributed by atoms with Gasteiger partial charge in [-0.05, 0) is 42.3 Å². The first-order chi connectivity index (χ1) is 14.4. The minimum Gasteiger partial charge on any atom is -0.406 e. The summed E-state index contributed by atoms with van der Waals surface area (Å²) < 4.78 is 71.6. The molecule has 1 aromatic heterocycles. The van der Waals surface area contributed by atoms with Crippen LogP contribution >= 0.6 is 0 Å². The lowest BCUT2D eigenvalue weighted by Crippen LogP contribution is -2.23. The van der Waals surface area contributed by atoms with Crippen molar-refractivity contribution in [3.8, 4) is 11.4 Å². The second-order valence-electron chi connectivity index (χ2n) is 7.02. The highest BCUT2D eigenvalue weighted by atomic mass is 32.2. The molecule has 7 nitrogen and oxygen atoms in total. The lowest BCUT2D eigenvalue weighted by molar-refractivity contribution is -0.274. The molecule has 0 aliphatic carbocycles. The van der Waals surface area contributed by atoms with Crippen LogP contribution in [0.4, 0.5) is 18.9 Å². The Morgan fingerprint density at radius 1 is 1.00 bits per heavy atom. The fraction of sp³-hybridized carbons (Fsp3) is 0.250. The molecule has 0 amide bonds. The molecule has 3 aromatic rings. The van der Waals surface area contributed by atoms with Gasteiger partial charge < -0.3 is 4.74 Å². The number of hydrogen-bond acceptors (Lipinski definition) is 4. The smallest absolute Gasteiger partial charge is 0.406 e. The molecule has 3 rings (SSSR count). The van der Waals surface area contributed by atoms with Crippen LogP contribution in [-0.4, -0.2) is 24.1 Å². The molecule has 0 spiro atoms. The van der Waals surface area contributed by atoms with Crippen molar-refractivity contribution in [2.45, 2.75) is 31.0 Å². The van der Waals surface area contributed by atoms with Gasteiger partial charge in [0, 0.05) is 7.05 Å². The number of ether oxygens (including phenoxy) is 1. The van der Waals surface area contributed by atoms with E-state index in [1.165, 1.54) is 4.68 Å². The van der Waals surface area contributed by atoms with E-state index < -0.39 is 27.7 Å². The second-order valence-corrected chi connectivity index (χ2v) is 8.70. The molecule has 0 aliphatic heterocycles. The molecule has 1 heterocycles. The van der Waals surface area contributed by atoms with Crippen molar-refractivity contribution in [1.82, 2.24) is 9.36 Å². The minimum absolute atomic E-state index is 0.128. The molecule has 31 heavy (non-hydrogen) atoms. The van der Waals surface area contributed by atoms with E-state index in [2.05, 4.69) is 9.46 Å². The van der Waals surface area contributed by atoms with Crippen LogP contribution in [0.25, 0.3) is 5.69 Å². The molecule has 0 aliphatic rings. The molecule has 0 bridgehead atoms. The maximum atomic E-state index is 13.1. The summed E-state index contributed by atoms with van der Waals surface area (Å²) in [5.74, 6) is -0.761. The number of alkyl halides is 3. The molecule has 2 aromatic carbocycles. The molecule has 0 unspecified atom stereocenters. The van der Waals surface area contributed by atoms with Crippen LogP contribution in [0.3, 0.4) is 0 Å². The van der Waals surface area contributed by atoms with Crippen LogP contribution in [0.2, 0.25) is 0 Å². The molecule has 0 atom stereocenters. The Hall–Kier alpha value is -3.21. The molecule has 0 saturated carbocycles. The third kappa shape index (κ3) is 4.76. The standard InChI is InChI=1S/C20H20F3N3O4S/c1-13(2)18-17(19(27)26(25(18)3)14-7-5-4-6-8-14)24-31(28,29)16-11-9-15(10-12-16)30-20(21,22)23/h4-13,24H,1-3H3. The van der Waals surface area contributed by atoms with Gasteiger partial charge in [0.15, 0.2) is 0 Å². The Bertz CT molecular complexity index is 1230. The minimum atomic E-state index is -4.89. The molecule has 166 valence electrons. The van der Waals surface area contributed by atoms with Crippen LogP contribution in [0.15, 0.2) is 64.3 Å². The van der Waals surface area contributed by atoms with E-state index in [9.17, 15) is 26.4 Å². The summed E-state index contributed by atoms with van der Waals surface area (Å²) in [5.41, 5.74) is 0.306. The van der Waals surface area contributed by atoms with Gasteiger partial charge in [0.05, 0.1) is 16.3 Å². The predicted molar refractivity (Wildman–Crippen MR) is 109 cm³/mol. The number of nitrogens with zero attached hydrogens (tertiary/aromatic N) is 2. The number of aromatic nitrogens is 2. The zero-order valence-corrected chi connectivity index (χ0v) is 17.7. The first-order valence-electron chi connectivity index (χ1n) is 9.16. The maximum Gasteiger partial charge on any atom is 0.573 e. The predicted octanol–water partition coefficient (Wildman–Crippen LogP) is 4.00. The van der Waals surface area contributed by atoms with Crippen LogP contribution < -0.4 is 15.0 Å². The van der Waals surface area contributed by atoms with Crippen molar-refractivity contribution in [2.24, 2.45) is 7.05 Å². The van der Waals surface area contributed by atoms with E-state index in [-0.39, 0.29) is 16.5 Å². The van der Waals surface area contributed by atoms with Crippen molar-refractivity contribution >= 4 is 15.7 Å². The molecule has 0 fully saturated rings. The first-order valence-corrected chi connectivity index (χ1v) is 10.6. The Morgan fingerprint density at radius 2 is 1.58 bits per heavy atom. The number of halogens is 3. The highest BCUT2D eigenvalue weighted by Crippen LogP contribution is 2.27. The van der Waals surface area contributed by atoms with E-state index in [0.29, 0.717) is 11.4 Å². The summed E-state index contributed by atoms with van der Waals surface area (Å²) in [6, 6.07) is 12.4. The number of nitrogens with one attached hydrogen (secondary N) is 1. The number of para-hydroxylation sites is 1. The molecular formula is C20H20F3N3O4S. The lowest BCUT2D eigenvalue weighted by Gasteiger charge is -2.13. The quantitative estimate of drug-likeness (QED) is 0.609. The van der Waals surface area contributed by atoms with Gasteiger partial charge in [-0.25, -0.2) is 13.1 Å². The number of sulfonamides is 1. The van der Waals surface area contributed by atoms with Crippen molar-refractivity contribution < 1.29 is 26.3 Å². The van der Waals surface area contributed by atoms with E-state index >= 15 is 0 Å². The largest absolute Gasteiger partial charge is 0.573 e. The molecule has 0 saturated heterocycles. The van der Waals surface area contributed by atoms with Crippen molar-refractivity contribution in [2.75, 3.05) is 4.72 Å². The Balaban J connectivity index is 2.03. The normalized spacial score (nSPS) is 12.2. The highest BCUT2D eigenvalue weighted by molar-refractivity contribution is 7.92. The Morgan fingerprint density at radius 3 is 2.10 bits per heavy atom. The van der Waals surface area contributed by atoms with Gasteiger partial charge in [0.1, 0.15) is 11.4 Å². The van der Waals surface area contributed by atoms with Crippen LogP contribution in [0, 0.1) is 0 Å². The van der Waals surface area contributed by atoms with Crippen molar-refractivity contribution in [3.05, 3.63) is 70.6 Å². The van der Waals surface area contributed by atoms with Gasteiger partial charge in [-0.15, -0.1) is 13.2 Å². The monoisotopic (exact) mass is 455 g/mol. The maximum absolute atomic E-state index is 13.1. The zero-order valence-electron chi connectivity index (χ0n) is 16.8. The number of anilines is 1. The average Bonchev–Trinajstić information content (AvgIpc) is 2.91. The van der Waals surface area contributed by atoms with Crippen LogP contribution in [-0.2, 0) is 17.1 Å². The third-order valence-corrected chi connectivity index (χ3v) is 5.83. The number of hydrogen-bond donors (Lipinski definition) is 1. The Labute approximate surface area is 176 Å². The Kier molecular flexibility index (Phi) is 5.90. The van der Waals surface area contributed by atoms with Crippen molar-refractivity contribution in [1.29, 1.82) is 0 Å². The summed E-state index contributed by atoms with van der Waals surface area (Å²) in [7, 11) is -2.61. The number of benzene rings is 2. The van der Waals surface area contributed by atoms with E-state index in [0.717, 1.165) is 24.3 Å². The van der Waals surface area contributed by atoms with Gasteiger partial charge in [-0.3, -0.25) is 14.2 Å². The van der Waals surface area contributed by atoms with E-state index in [4.69, 9.17) is 0 Å². The highest BCUT2D eigenvalue weighted by Gasteiger charge is 2.31. The molecule has 1 N–H and O–H groups in total. The van der Waals surface area contributed by atoms with Gasteiger partial charge in [0.2, 0.25) is 0 Å². The van der Waals surface area contributed by atoms with Crippen molar-refractivity contribution in [3.63, 3.8) is 0 Å². The summed E-state index contributed by atoms with van der Waals surface area (Å²) in [6.45, 7) is 3.62. The summed E-state index contributed by atoms with van der Waals surface area (Å²) >= 11 is 0. The zero-order chi connectivity index (χ0) is 23.0. The van der Waals surface area contributed by atoms with E-state index in [1.54, 1.807) is 42.1 Å². The fourth-order valence-electron chi connectivity index (χ4n) is 3.25. The summed E-state index contributed by atoms with van der Waals surface area (Å²) in [6.07, 6.45) is -4.89. The average molecular weight is 455 g/mol. The lowest BCUT2D eigenvalue weighted by atomic mass is 10.1. The van der Waals surface area contributed by atoms with Gasteiger partial charge >= 0.3 is 6.36 Å². The van der Waals surface area contributed by atoms with Gasteiger partial charge in [-0.1, -0.05) is 32.0 Å². The molecular weight excluding hydrogens is 435 g/mol. The topological polar surface area (TPSA) is 82.3 Å². The van der Waals surface area contributed by atoms with Crippen LogP contribution in [0.1, 0.15) is 25.5 Å². The molecule has 11 heteroatoms. The third-order valence-electron chi connectivity index (χ3n) is 4.46. The molecule has 0 radical (unpaired) electrons.